The van der Waals surface area contributed by atoms with Crippen molar-refractivity contribution in [3.63, 3.8) is 0 Å². The maximum Gasteiger partial charge on any atom is 0.320 e. The highest BCUT2D eigenvalue weighted by Gasteiger charge is 2.54. The maximum absolute atomic E-state index is 13.1. The Kier molecular flexibility index (Phi) is 7.48. The van der Waals surface area contributed by atoms with E-state index in [0.29, 0.717) is 38.9 Å². The average Bonchev–Trinajstić information content (AvgIpc) is 2.86. The van der Waals surface area contributed by atoms with Gasteiger partial charge in [-0.25, -0.2) is 0 Å². The first-order valence-corrected chi connectivity index (χ1v) is 12.3. The average molecular weight is 430 g/mol. The second kappa shape index (κ2) is 9.88. The Labute approximate surface area is 178 Å². The third kappa shape index (κ3) is 5.01. The standard InChI is InChI=1S/C23H31N2O4P/c24-14-5-4-13-23(22(26)27)18-25(15-6-16-30(23,28)29)17-19-9-11-21(12-10-19)20-7-2-1-3-8-20/h1-3,7-12H,4-6,13-18,24H2,(H,26,27)(H,28,29). The fourth-order valence-corrected chi connectivity index (χ4v) is 6.47. The number of carboxylic acid groups (broad SMARTS) is 1. The quantitative estimate of drug-likeness (QED) is 0.435. The number of nitrogens with zero attached hydrogens (tertiary/aromatic N) is 1. The topological polar surface area (TPSA) is 104 Å². The number of carboxylic acids is 1. The Bertz CT molecular complexity index is 888. The minimum Gasteiger partial charge on any atom is -0.480 e. The van der Waals surface area contributed by atoms with Gasteiger partial charge in [0.15, 0.2) is 5.16 Å². The van der Waals surface area contributed by atoms with Crippen LogP contribution in [0.3, 0.4) is 0 Å². The fraction of sp³-hybridized carbons (Fsp3) is 0.435. The molecule has 1 heterocycles. The summed E-state index contributed by atoms with van der Waals surface area (Å²) < 4.78 is 13.1. The van der Waals surface area contributed by atoms with Gasteiger partial charge < -0.3 is 15.7 Å². The lowest BCUT2D eigenvalue weighted by atomic mass is 9.99. The summed E-state index contributed by atoms with van der Waals surface area (Å²) in [6, 6.07) is 18.3. The second-order valence-electron chi connectivity index (χ2n) is 8.13. The summed E-state index contributed by atoms with van der Waals surface area (Å²) in [4.78, 5) is 25.0. The SMILES string of the molecule is NCCCCC1(C(=O)O)CN(Cc2ccc(-c3ccccc3)cc2)CCCP1(=O)O. The molecule has 7 heteroatoms. The molecule has 3 rings (SSSR count). The van der Waals surface area contributed by atoms with E-state index in [4.69, 9.17) is 5.73 Å². The highest BCUT2D eigenvalue weighted by molar-refractivity contribution is 7.60. The van der Waals surface area contributed by atoms with Gasteiger partial charge in [0.05, 0.1) is 0 Å². The van der Waals surface area contributed by atoms with Crippen LogP contribution in [0.15, 0.2) is 54.6 Å². The van der Waals surface area contributed by atoms with Crippen LogP contribution < -0.4 is 5.73 Å². The van der Waals surface area contributed by atoms with Crippen molar-refractivity contribution in [2.75, 3.05) is 25.8 Å². The van der Waals surface area contributed by atoms with Crippen LogP contribution >= 0.6 is 7.37 Å². The van der Waals surface area contributed by atoms with Gasteiger partial charge in [-0.3, -0.25) is 14.3 Å². The lowest BCUT2D eigenvalue weighted by Crippen LogP contribution is -2.47. The summed E-state index contributed by atoms with van der Waals surface area (Å²) in [5.74, 6) is -1.17. The molecule has 2 aromatic rings. The monoisotopic (exact) mass is 430 g/mol. The number of benzene rings is 2. The van der Waals surface area contributed by atoms with E-state index in [2.05, 4.69) is 24.3 Å². The van der Waals surface area contributed by atoms with Crippen molar-refractivity contribution in [2.24, 2.45) is 5.73 Å². The van der Waals surface area contributed by atoms with Crippen LogP contribution in [0, 0.1) is 0 Å². The zero-order valence-electron chi connectivity index (χ0n) is 17.2. The van der Waals surface area contributed by atoms with E-state index in [1.54, 1.807) is 0 Å². The molecule has 162 valence electrons. The number of rotatable bonds is 8. The zero-order chi connectivity index (χ0) is 21.6. The van der Waals surface area contributed by atoms with Gasteiger partial charge in [-0.2, -0.15) is 0 Å². The molecule has 4 N–H and O–H groups in total. The van der Waals surface area contributed by atoms with Crippen molar-refractivity contribution in [3.05, 3.63) is 60.2 Å². The van der Waals surface area contributed by atoms with Gasteiger partial charge in [0.1, 0.15) is 0 Å². The molecule has 0 aliphatic carbocycles. The molecule has 1 aliphatic heterocycles. The van der Waals surface area contributed by atoms with Crippen LogP contribution in [-0.4, -0.2) is 51.8 Å². The predicted molar refractivity (Wildman–Crippen MR) is 120 cm³/mol. The van der Waals surface area contributed by atoms with Crippen LogP contribution in [0.5, 0.6) is 0 Å². The lowest BCUT2D eigenvalue weighted by Gasteiger charge is -2.35. The van der Waals surface area contributed by atoms with Crippen molar-refractivity contribution < 1.29 is 19.4 Å². The van der Waals surface area contributed by atoms with Gasteiger partial charge in [0.2, 0.25) is 7.37 Å². The van der Waals surface area contributed by atoms with Gasteiger partial charge in [-0.05, 0) is 49.0 Å². The molecular formula is C23H31N2O4P. The van der Waals surface area contributed by atoms with E-state index in [0.717, 1.165) is 16.7 Å². The normalized spacial score (nSPS) is 25.0. The first-order valence-electron chi connectivity index (χ1n) is 10.5. The molecule has 2 aromatic carbocycles. The smallest absolute Gasteiger partial charge is 0.320 e. The van der Waals surface area contributed by atoms with Crippen LogP contribution in [0.25, 0.3) is 11.1 Å². The summed E-state index contributed by atoms with van der Waals surface area (Å²) in [5, 5.41) is 8.38. The molecular weight excluding hydrogens is 399 g/mol. The highest BCUT2D eigenvalue weighted by atomic mass is 31.2. The number of unbranched alkanes of at least 4 members (excludes halogenated alkanes) is 1. The van der Waals surface area contributed by atoms with E-state index in [1.165, 1.54) is 0 Å². The maximum atomic E-state index is 13.1. The molecule has 0 bridgehead atoms. The van der Waals surface area contributed by atoms with Crippen molar-refractivity contribution in [1.82, 2.24) is 4.90 Å². The van der Waals surface area contributed by atoms with E-state index in [-0.39, 0.29) is 19.1 Å². The van der Waals surface area contributed by atoms with E-state index in [9.17, 15) is 19.4 Å². The number of nitrogens with two attached hydrogens (primary N) is 1. The molecule has 30 heavy (non-hydrogen) atoms. The van der Waals surface area contributed by atoms with Gasteiger partial charge in [0, 0.05) is 19.3 Å². The number of aliphatic carboxylic acids is 1. The summed E-state index contributed by atoms with van der Waals surface area (Å²) in [6.07, 6.45) is 1.92. The van der Waals surface area contributed by atoms with Gasteiger partial charge >= 0.3 is 5.97 Å². The Morgan fingerprint density at radius 3 is 2.37 bits per heavy atom. The summed E-state index contributed by atoms with van der Waals surface area (Å²) >= 11 is 0. The van der Waals surface area contributed by atoms with Gasteiger partial charge in [0.25, 0.3) is 0 Å². The van der Waals surface area contributed by atoms with Crippen molar-refractivity contribution in [3.8, 4) is 11.1 Å². The molecule has 0 saturated carbocycles. The minimum absolute atomic E-state index is 0.0470. The molecule has 1 aliphatic rings. The predicted octanol–water partition coefficient (Wildman–Crippen LogP) is 3.78. The van der Waals surface area contributed by atoms with Crippen molar-refractivity contribution >= 4 is 13.3 Å². The molecule has 2 unspecified atom stereocenters. The molecule has 1 fully saturated rings. The molecule has 1 saturated heterocycles. The summed E-state index contributed by atoms with van der Waals surface area (Å²) in [5.41, 5.74) is 8.88. The summed E-state index contributed by atoms with van der Waals surface area (Å²) in [7, 11) is -3.84. The Hall–Kier alpha value is -1.98. The molecule has 0 spiro atoms. The first kappa shape index (κ1) is 22.7. The molecule has 6 nitrogen and oxygen atoms in total. The van der Waals surface area contributed by atoms with Crippen molar-refractivity contribution in [2.45, 2.75) is 37.4 Å². The number of hydrogen-bond acceptors (Lipinski definition) is 4. The lowest BCUT2D eigenvalue weighted by molar-refractivity contribution is -0.141. The second-order valence-corrected chi connectivity index (χ2v) is 10.8. The summed E-state index contributed by atoms with van der Waals surface area (Å²) in [6.45, 7) is 1.70. The van der Waals surface area contributed by atoms with E-state index >= 15 is 0 Å². The minimum atomic E-state index is -3.84. The first-order chi connectivity index (χ1) is 14.4. The largest absolute Gasteiger partial charge is 0.480 e. The number of carbonyl (C=O) groups is 1. The number of hydrogen-bond donors (Lipinski definition) is 3. The van der Waals surface area contributed by atoms with E-state index < -0.39 is 18.5 Å². The van der Waals surface area contributed by atoms with Crippen LogP contribution in [0.2, 0.25) is 0 Å². The third-order valence-electron chi connectivity index (χ3n) is 6.00. The highest BCUT2D eigenvalue weighted by Crippen LogP contribution is 2.59. The molecule has 0 radical (unpaired) electrons. The van der Waals surface area contributed by atoms with E-state index in [1.807, 2.05) is 35.2 Å². The Balaban J connectivity index is 1.78. The third-order valence-corrected chi connectivity index (χ3v) is 8.82. The fourth-order valence-electron chi connectivity index (χ4n) is 4.25. The zero-order valence-corrected chi connectivity index (χ0v) is 18.1. The van der Waals surface area contributed by atoms with Crippen LogP contribution in [0.1, 0.15) is 31.2 Å². The Morgan fingerprint density at radius 1 is 1.07 bits per heavy atom. The van der Waals surface area contributed by atoms with Gasteiger partial charge in [-0.15, -0.1) is 0 Å². The van der Waals surface area contributed by atoms with Crippen LogP contribution in [0.4, 0.5) is 0 Å². The van der Waals surface area contributed by atoms with Crippen LogP contribution in [-0.2, 0) is 15.9 Å². The van der Waals surface area contributed by atoms with Crippen molar-refractivity contribution in [1.29, 1.82) is 0 Å². The molecule has 2 atom stereocenters. The molecule has 0 aromatic heterocycles. The Morgan fingerprint density at radius 2 is 1.73 bits per heavy atom. The molecule has 0 amide bonds. The van der Waals surface area contributed by atoms with Gasteiger partial charge in [-0.1, -0.05) is 61.0 Å².